The Morgan fingerprint density at radius 1 is 1.19 bits per heavy atom. The molecule has 0 heterocycles. The summed E-state index contributed by atoms with van der Waals surface area (Å²) in [6, 6.07) is 9.32. The molecule has 0 saturated heterocycles. The summed E-state index contributed by atoms with van der Waals surface area (Å²) in [6.45, 7) is 0. The van der Waals surface area contributed by atoms with Gasteiger partial charge in [-0.3, -0.25) is 0 Å². The number of halogens is 2. The zero-order valence-corrected chi connectivity index (χ0v) is 10.7. The molecule has 0 bridgehead atoms. The van der Waals surface area contributed by atoms with E-state index in [0.29, 0.717) is 6.42 Å². The van der Waals surface area contributed by atoms with Crippen LogP contribution in [0.2, 0.25) is 0 Å². The van der Waals surface area contributed by atoms with E-state index in [1.807, 2.05) is 36.4 Å². The molecule has 16 heavy (non-hydrogen) atoms. The molecule has 0 aromatic heterocycles. The van der Waals surface area contributed by atoms with Gasteiger partial charge in [-0.15, -0.1) is 0 Å². The first-order valence-corrected chi connectivity index (χ1v) is 6.73. The Balaban J connectivity index is 2.20. The maximum Gasteiger partial charge on any atom is 0.140 e. The van der Waals surface area contributed by atoms with Crippen molar-refractivity contribution in [3.63, 3.8) is 0 Å². The smallest absolute Gasteiger partial charge is 0.140 e. The third kappa shape index (κ3) is 2.76. The van der Waals surface area contributed by atoms with Crippen LogP contribution in [-0.2, 0) is 10.8 Å². The van der Waals surface area contributed by atoms with Crippen LogP contribution in [0, 0.1) is 0 Å². The Morgan fingerprint density at radius 2 is 1.88 bits per heavy atom. The highest BCUT2D eigenvalue weighted by Gasteiger charge is 2.23. The van der Waals surface area contributed by atoms with E-state index in [1.165, 1.54) is 0 Å². The molecular formula is C12H10Cl2OS. The first kappa shape index (κ1) is 11.9. The first-order valence-electron chi connectivity index (χ1n) is 4.82. The molecule has 1 aromatic rings. The highest BCUT2D eigenvalue weighted by atomic mass is 35.5. The summed E-state index contributed by atoms with van der Waals surface area (Å²) in [4.78, 5) is 1.54. The molecule has 1 nitrogen and oxygen atoms in total. The molecule has 0 unspecified atom stereocenters. The molecule has 1 atom stereocenters. The van der Waals surface area contributed by atoms with Gasteiger partial charge in [0.05, 0.1) is 10.8 Å². The molecule has 0 spiro atoms. The lowest BCUT2D eigenvalue weighted by Crippen LogP contribution is -2.11. The van der Waals surface area contributed by atoms with Crippen molar-refractivity contribution in [3.8, 4) is 0 Å². The summed E-state index contributed by atoms with van der Waals surface area (Å²) in [5.74, 6) is 0. The minimum atomic E-state index is -1.15. The van der Waals surface area contributed by atoms with E-state index in [0.717, 1.165) is 9.80 Å². The van der Waals surface area contributed by atoms with E-state index in [-0.39, 0.29) is 0 Å². The average Bonchev–Trinajstić information content (AvgIpc) is 2.29. The topological polar surface area (TPSA) is 17.1 Å². The van der Waals surface area contributed by atoms with Gasteiger partial charge in [-0.1, -0.05) is 47.5 Å². The predicted octanol–water partition coefficient (Wildman–Crippen LogP) is 3.81. The van der Waals surface area contributed by atoms with Crippen LogP contribution in [0.15, 0.2) is 58.4 Å². The van der Waals surface area contributed by atoms with Gasteiger partial charge in [-0.05, 0) is 24.3 Å². The van der Waals surface area contributed by atoms with Gasteiger partial charge in [0.2, 0.25) is 0 Å². The molecule has 0 fully saturated rings. The van der Waals surface area contributed by atoms with E-state index >= 15 is 0 Å². The lowest BCUT2D eigenvalue weighted by molar-refractivity contribution is 0.687. The number of hydrogen-bond donors (Lipinski definition) is 0. The maximum atomic E-state index is 12.1. The molecule has 0 N–H and O–H groups in total. The fourth-order valence-corrected chi connectivity index (χ4v) is 2.78. The summed E-state index contributed by atoms with van der Waals surface area (Å²) in [7, 11) is -1.15. The van der Waals surface area contributed by atoms with E-state index < -0.39 is 15.1 Å². The van der Waals surface area contributed by atoms with Crippen molar-refractivity contribution in [1.29, 1.82) is 0 Å². The van der Waals surface area contributed by atoms with Crippen molar-refractivity contribution in [2.75, 3.05) is 0 Å². The van der Waals surface area contributed by atoms with Crippen molar-refractivity contribution >= 4 is 34.0 Å². The second kappa shape index (κ2) is 4.74. The molecule has 4 heteroatoms. The Bertz CT molecular complexity index is 463. The number of rotatable bonds is 2. The van der Waals surface area contributed by atoms with Gasteiger partial charge in [0.25, 0.3) is 0 Å². The van der Waals surface area contributed by atoms with Gasteiger partial charge in [-0.2, -0.15) is 0 Å². The van der Waals surface area contributed by atoms with Crippen LogP contribution < -0.4 is 0 Å². The molecule has 0 amide bonds. The molecule has 1 aliphatic carbocycles. The van der Waals surface area contributed by atoms with Crippen molar-refractivity contribution in [2.45, 2.75) is 15.6 Å². The fourth-order valence-electron chi connectivity index (χ4n) is 1.39. The molecule has 0 saturated carbocycles. The third-order valence-electron chi connectivity index (χ3n) is 2.24. The first-order chi connectivity index (χ1) is 7.58. The Labute approximate surface area is 107 Å². The summed E-state index contributed by atoms with van der Waals surface area (Å²) < 4.78 is 11.3. The summed E-state index contributed by atoms with van der Waals surface area (Å²) in [6.07, 6.45) is 5.71. The molecule has 0 radical (unpaired) electrons. The second-order valence-corrected chi connectivity index (χ2v) is 6.51. The van der Waals surface area contributed by atoms with Crippen LogP contribution >= 0.6 is 23.2 Å². The van der Waals surface area contributed by atoms with Crippen LogP contribution in [-0.4, -0.2) is 8.54 Å². The van der Waals surface area contributed by atoms with E-state index in [9.17, 15) is 4.21 Å². The van der Waals surface area contributed by atoms with Gasteiger partial charge in [0.15, 0.2) is 0 Å². The van der Waals surface area contributed by atoms with E-state index in [4.69, 9.17) is 23.2 Å². The van der Waals surface area contributed by atoms with Gasteiger partial charge in [0, 0.05) is 16.2 Å². The van der Waals surface area contributed by atoms with Crippen LogP contribution in [0.3, 0.4) is 0 Å². The molecule has 1 aliphatic rings. The van der Waals surface area contributed by atoms with E-state index in [1.54, 1.807) is 12.2 Å². The highest BCUT2D eigenvalue weighted by Crippen LogP contribution is 2.33. The summed E-state index contributed by atoms with van der Waals surface area (Å²) >= 11 is 11.8. The zero-order valence-electron chi connectivity index (χ0n) is 8.40. The largest absolute Gasteiger partial charge is 0.249 e. The monoisotopic (exact) mass is 272 g/mol. The van der Waals surface area contributed by atoms with E-state index in [2.05, 4.69) is 0 Å². The van der Waals surface area contributed by atoms with Crippen LogP contribution in [0.1, 0.15) is 6.42 Å². The third-order valence-corrected chi connectivity index (χ3v) is 4.23. The Kier molecular flexibility index (Phi) is 3.53. The Morgan fingerprint density at radius 3 is 2.44 bits per heavy atom. The van der Waals surface area contributed by atoms with Gasteiger partial charge in [0.1, 0.15) is 4.33 Å². The number of hydrogen-bond acceptors (Lipinski definition) is 1. The summed E-state index contributed by atoms with van der Waals surface area (Å²) in [5.41, 5.74) is 0. The lowest BCUT2D eigenvalue weighted by atomic mass is 10.2. The van der Waals surface area contributed by atoms with Crippen LogP contribution in [0.5, 0.6) is 0 Å². The van der Waals surface area contributed by atoms with Crippen molar-refractivity contribution < 1.29 is 4.21 Å². The zero-order chi connectivity index (χ0) is 11.6. The predicted molar refractivity (Wildman–Crippen MR) is 69.1 cm³/mol. The number of allylic oxidation sites excluding steroid dienone is 3. The van der Waals surface area contributed by atoms with Crippen molar-refractivity contribution in [1.82, 2.24) is 0 Å². The van der Waals surface area contributed by atoms with Gasteiger partial charge < -0.3 is 0 Å². The normalized spacial score (nSPS) is 20.2. The van der Waals surface area contributed by atoms with Crippen molar-refractivity contribution in [2.24, 2.45) is 0 Å². The molecular weight excluding hydrogens is 263 g/mol. The van der Waals surface area contributed by atoms with Crippen LogP contribution in [0.4, 0.5) is 0 Å². The van der Waals surface area contributed by atoms with Gasteiger partial charge >= 0.3 is 0 Å². The van der Waals surface area contributed by atoms with Crippen LogP contribution in [0.25, 0.3) is 0 Å². The number of benzene rings is 1. The highest BCUT2D eigenvalue weighted by molar-refractivity contribution is 7.89. The average molecular weight is 273 g/mol. The molecule has 84 valence electrons. The van der Waals surface area contributed by atoms with Crippen molar-refractivity contribution in [3.05, 3.63) is 53.5 Å². The second-order valence-electron chi connectivity index (χ2n) is 3.49. The quantitative estimate of drug-likeness (QED) is 0.749. The number of alkyl halides is 2. The minimum absolute atomic E-state index is 0.487. The fraction of sp³-hybridized carbons (Fsp3) is 0.167. The summed E-state index contributed by atoms with van der Waals surface area (Å²) in [5, 5.41) is 0. The minimum Gasteiger partial charge on any atom is -0.249 e. The maximum absolute atomic E-state index is 12.1. The van der Waals surface area contributed by atoms with Gasteiger partial charge in [-0.25, -0.2) is 4.21 Å². The molecule has 0 aliphatic heterocycles. The Hall–Kier alpha value is -0.570. The SMILES string of the molecule is O=[S@](C1=CCC(Cl)(Cl)C=C1)c1ccccc1. The molecule has 1 aromatic carbocycles. The lowest BCUT2D eigenvalue weighted by Gasteiger charge is -2.17. The standard InChI is InChI=1S/C12H10Cl2OS/c13-12(14)8-6-11(7-9-12)16(15)10-4-2-1-3-5-10/h1-8H,9H2/t16-/m0/s1. The molecule has 2 rings (SSSR count).